The van der Waals surface area contributed by atoms with Gasteiger partial charge < -0.3 is 9.64 Å². The standard InChI is InChI=1S/C28H26F5N5O3S/c1-14-16(17-4-2-5-18(29)21(17)30)7-8-20(22-23(14)42-25(35-22)28(31,32)33)41-27(40)37-12-9-15(10-13-37)38-19-6-3-11-34-24(19)36-26(38)39/h2-6,11,14-16,20H,7-10,12-13H2,1H3,(H,34,36,39)/t14-,16+,20+/m0/s1. The highest BCUT2D eigenvalue weighted by molar-refractivity contribution is 7.12. The van der Waals surface area contributed by atoms with Crippen molar-refractivity contribution in [1.82, 2.24) is 24.4 Å². The van der Waals surface area contributed by atoms with E-state index in [1.165, 1.54) is 17.0 Å². The van der Waals surface area contributed by atoms with Crippen molar-refractivity contribution < 1.29 is 31.5 Å². The molecular weight excluding hydrogens is 581 g/mol. The smallest absolute Gasteiger partial charge is 0.440 e. The topological polar surface area (TPSA) is 93.1 Å². The van der Waals surface area contributed by atoms with Gasteiger partial charge in [0.1, 0.15) is 6.10 Å². The van der Waals surface area contributed by atoms with Crippen molar-refractivity contribution in [3.8, 4) is 0 Å². The number of aromatic amines is 1. The van der Waals surface area contributed by atoms with E-state index in [2.05, 4.69) is 15.0 Å². The van der Waals surface area contributed by atoms with Gasteiger partial charge >= 0.3 is 18.0 Å². The normalized spacial score (nSPS) is 21.8. The maximum Gasteiger partial charge on any atom is 0.443 e. The first kappa shape index (κ1) is 28.3. The summed E-state index contributed by atoms with van der Waals surface area (Å²) >= 11 is 0.442. The Balaban J connectivity index is 1.22. The lowest BCUT2D eigenvalue weighted by Gasteiger charge is -2.32. The highest BCUT2D eigenvalue weighted by atomic mass is 32.1. The lowest BCUT2D eigenvalue weighted by molar-refractivity contribution is -0.137. The molecule has 4 aromatic rings. The van der Waals surface area contributed by atoms with Gasteiger partial charge in [0.25, 0.3) is 0 Å². The number of likely N-dealkylation sites (tertiary alicyclic amines) is 1. The Hall–Kier alpha value is -3.81. The highest BCUT2D eigenvalue weighted by Crippen LogP contribution is 2.50. The van der Waals surface area contributed by atoms with E-state index in [4.69, 9.17) is 4.74 Å². The molecule has 14 heteroatoms. The number of carbonyl (C=O) groups excluding carboxylic acids is 1. The fourth-order valence-electron chi connectivity index (χ4n) is 6.09. The molecule has 1 aliphatic carbocycles. The number of rotatable bonds is 3. The van der Waals surface area contributed by atoms with Gasteiger partial charge in [-0.1, -0.05) is 19.1 Å². The summed E-state index contributed by atoms with van der Waals surface area (Å²) in [7, 11) is 0. The molecule has 8 nitrogen and oxygen atoms in total. The van der Waals surface area contributed by atoms with E-state index in [1.54, 1.807) is 29.8 Å². The number of piperidine rings is 1. The van der Waals surface area contributed by atoms with Crippen LogP contribution in [0.3, 0.4) is 0 Å². The molecule has 1 amide bonds. The second-order valence-electron chi connectivity index (χ2n) is 10.6. The van der Waals surface area contributed by atoms with E-state index in [9.17, 15) is 31.5 Å². The van der Waals surface area contributed by atoms with Crippen LogP contribution in [0, 0.1) is 11.6 Å². The van der Waals surface area contributed by atoms with Crippen LogP contribution in [-0.4, -0.2) is 43.6 Å². The molecular formula is C28H26F5N5O3S. The molecule has 1 aromatic carbocycles. The zero-order valence-electron chi connectivity index (χ0n) is 22.3. The van der Waals surface area contributed by atoms with E-state index >= 15 is 0 Å². The minimum absolute atomic E-state index is 0.000201. The fourth-order valence-corrected chi connectivity index (χ4v) is 7.19. The largest absolute Gasteiger partial charge is 0.443 e. The second-order valence-corrected chi connectivity index (χ2v) is 11.7. The van der Waals surface area contributed by atoms with Gasteiger partial charge in [-0.25, -0.2) is 28.3 Å². The van der Waals surface area contributed by atoms with Gasteiger partial charge in [-0.3, -0.25) is 9.55 Å². The Morgan fingerprint density at radius 1 is 1.10 bits per heavy atom. The number of imidazole rings is 1. The predicted octanol–water partition coefficient (Wildman–Crippen LogP) is 6.67. The molecule has 0 unspecified atom stereocenters. The van der Waals surface area contributed by atoms with Crippen molar-refractivity contribution in [2.45, 2.75) is 62.8 Å². The summed E-state index contributed by atoms with van der Waals surface area (Å²) in [4.78, 5) is 38.3. The van der Waals surface area contributed by atoms with E-state index in [0.717, 1.165) is 6.07 Å². The molecule has 3 aromatic heterocycles. The van der Waals surface area contributed by atoms with Gasteiger partial charge in [0, 0.05) is 30.2 Å². The van der Waals surface area contributed by atoms with E-state index in [-0.39, 0.29) is 53.8 Å². The second kappa shape index (κ2) is 10.8. The molecule has 0 spiro atoms. The van der Waals surface area contributed by atoms with Gasteiger partial charge in [-0.15, -0.1) is 11.3 Å². The SMILES string of the molecule is C[C@@H]1c2sc(C(F)(F)F)nc2[C@H](OC(=O)N2CCC(n3c(=O)[nH]c4ncccc43)CC2)CC[C@H]1c1cccc(F)c1F. The monoisotopic (exact) mass is 607 g/mol. The van der Waals surface area contributed by atoms with Crippen molar-refractivity contribution >= 4 is 28.6 Å². The summed E-state index contributed by atoms with van der Waals surface area (Å²) in [5, 5.41) is -1.08. The lowest BCUT2D eigenvalue weighted by atomic mass is 9.84. The molecule has 6 rings (SSSR count). The Morgan fingerprint density at radius 2 is 1.86 bits per heavy atom. The molecule has 2 aliphatic rings. The first-order chi connectivity index (χ1) is 20.0. The van der Waals surface area contributed by atoms with Crippen molar-refractivity contribution in [3.63, 3.8) is 0 Å². The third-order valence-corrected chi connectivity index (χ3v) is 9.50. The molecule has 3 atom stereocenters. The molecule has 222 valence electrons. The average molecular weight is 608 g/mol. The zero-order valence-corrected chi connectivity index (χ0v) is 23.1. The third-order valence-electron chi connectivity index (χ3n) is 8.19. The summed E-state index contributed by atoms with van der Waals surface area (Å²) < 4.78 is 77.3. The van der Waals surface area contributed by atoms with Gasteiger partial charge in [-0.2, -0.15) is 13.2 Å². The number of alkyl halides is 3. The van der Waals surface area contributed by atoms with Crippen LogP contribution < -0.4 is 5.69 Å². The average Bonchev–Trinajstić information content (AvgIpc) is 3.53. The maximum absolute atomic E-state index is 14.8. The quantitative estimate of drug-likeness (QED) is 0.207. The molecule has 0 saturated carbocycles. The van der Waals surface area contributed by atoms with Crippen molar-refractivity contribution in [2.24, 2.45) is 0 Å². The minimum atomic E-state index is -4.72. The summed E-state index contributed by atoms with van der Waals surface area (Å²) in [5.41, 5.74) is 0.906. The van der Waals surface area contributed by atoms with Crippen LogP contribution in [-0.2, 0) is 10.9 Å². The maximum atomic E-state index is 14.8. The predicted molar refractivity (Wildman–Crippen MR) is 143 cm³/mol. The Kier molecular flexibility index (Phi) is 7.27. The molecule has 0 bridgehead atoms. The Labute approximate surface area is 240 Å². The van der Waals surface area contributed by atoms with E-state index in [0.29, 0.717) is 35.3 Å². The number of H-pyrrole nitrogens is 1. The number of halogens is 5. The fraction of sp³-hybridized carbons (Fsp3) is 0.429. The number of carbonyl (C=O) groups is 1. The third kappa shape index (κ3) is 5.05. The van der Waals surface area contributed by atoms with Gasteiger partial charge in [0.15, 0.2) is 22.3 Å². The lowest BCUT2D eigenvalue weighted by Crippen LogP contribution is -2.41. The Bertz CT molecular complexity index is 1690. The number of thiazole rings is 1. The number of nitrogens with one attached hydrogen (secondary N) is 1. The number of ether oxygens (including phenoxy) is 1. The number of hydrogen-bond donors (Lipinski definition) is 1. The van der Waals surface area contributed by atoms with Gasteiger partial charge in [-0.05, 0) is 61.3 Å². The number of hydrogen-bond acceptors (Lipinski definition) is 6. The highest BCUT2D eigenvalue weighted by Gasteiger charge is 2.42. The van der Waals surface area contributed by atoms with E-state index in [1.807, 2.05) is 0 Å². The van der Waals surface area contributed by atoms with Crippen LogP contribution in [0.4, 0.5) is 26.7 Å². The first-order valence-corrected chi connectivity index (χ1v) is 14.4. The summed E-state index contributed by atoms with van der Waals surface area (Å²) in [6.07, 6.45) is -3.70. The molecule has 1 saturated heterocycles. The molecule has 4 heterocycles. The molecule has 1 fully saturated rings. The number of benzene rings is 1. The molecule has 1 aliphatic heterocycles. The number of aromatic nitrogens is 4. The minimum Gasteiger partial charge on any atom is -0.440 e. The van der Waals surface area contributed by atoms with E-state index < -0.39 is 46.9 Å². The van der Waals surface area contributed by atoms with Crippen LogP contribution in [0.5, 0.6) is 0 Å². The van der Waals surface area contributed by atoms with Crippen molar-refractivity contribution in [3.05, 3.63) is 79.8 Å². The Morgan fingerprint density at radius 3 is 2.60 bits per heavy atom. The number of amides is 1. The van der Waals surface area contributed by atoms with Crippen molar-refractivity contribution in [2.75, 3.05) is 13.1 Å². The zero-order chi connectivity index (χ0) is 29.8. The number of pyridine rings is 1. The summed E-state index contributed by atoms with van der Waals surface area (Å²) in [6.45, 7) is 2.19. The van der Waals surface area contributed by atoms with Gasteiger partial charge in [0.2, 0.25) is 0 Å². The van der Waals surface area contributed by atoms with Crippen LogP contribution in [0.1, 0.15) is 77.7 Å². The van der Waals surface area contributed by atoms with Gasteiger partial charge in [0.05, 0.1) is 11.2 Å². The van der Waals surface area contributed by atoms with Crippen LogP contribution in [0.2, 0.25) is 0 Å². The summed E-state index contributed by atoms with van der Waals surface area (Å²) in [6, 6.07) is 7.12. The van der Waals surface area contributed by atoms with Crippen molar-refractivity contribution in [1.29, 1.82) is 0 Å². The molecule has 1 N–H and O–H groups in total. The molecule has 42 heavy (non-hydrogen) atoms. The summed E-state index contributed by atoms with van der Waals surface area (Å²) in [5.74, 6) is -3.36. The van der Waals surface area contributed by atoms with Crippen LogP contribution in [0.25, 0.3) is 11.2 Å². The van der Waals surface area contributed by atoms with Crippen LogP contribution in [0.15, 0.2) is 41.3 Å². The molecule has 0 radical (unpaired) electrons. The van der Waals surface area contributed by atoms with Crippen LogP contribution >= 0.6 is 11.3 Å². The number of fused-ring (bicyclic) bond motifs is 2. The number of nitrogens with zero attached hydrogens (tertiary/aromatic N) is 4. The first-order valence-electron chi connectivity index (χ1n) is 13.6.